The fraction of sp³-hybridized carbons (Fsp3) is 0.381. The fourth-order valence-corrected chi connectivity index (χ4v) is 4.30. The van der Waals surface area contributed by atoms with Gasteiger partial charge in [0.1, 0.15) is 11.9 Å². The van der Waals surface area contributed by atoms with E-state index in [-0.39, 0.29) is 11.7 Å². The van der Waals surface area contributed by atoms with Crippen LogP contribution in [0.1, 0.15) is 38.8 Å². The minimum absolute atomic E-state index is 0.231. The summed E-state index contributed by atoms with van der Waals surface area (Å²) in [5.74, 6) is -0.552. The van der Waals surface area contributed by atoms with Crippen LogP contribution < -0.4 is 9.62 Å². The second-order valence-corrected chi connectivity index (χ2v) is 9.17. The highest BCUT2D eigenvalue weighted by molar-refractivity contribution is 7.92. The molecule has 0 aliphatic heterocycles. The quantitative estimate of drug-likeness (QED) is 0.723. The molecule has 0 radical (unpaired) electrons. The molecule has 0 aromatic heterocycles. The van der Waals surface area contributed by atoms with E-state index in [0.29, 0.717) is 5.92 Å². The number of halogens is 1. The number of hydrogen-bond acceptors (Lipinski definition) is 3. The molecule has 28 heavy (non-hydrogen) atoms. The molecule has 5 nitrogen and oxygen atoms in total. The molecule has 152 valence electrons. The summed E-state index contributed by atoms with van der Waals surface area (Å²) in [6, 6.07) is 13.4. The van der Waals surface area contributed by atoms with Crippen LogP contribution in [0.4, 0.5) is 10.1 Å². The molecular formula is C21H27FN2O3S. The lowest BCUT2D eigenvalue weighted by atomic mass is 9.96. The van der Waals surface area contributed by atoms with Gasteiger partial charge in [-0.25, -0.2) is 12.8 Å². The molecule has 0 aliphatic rings. The van der Waals surface area contributed by atoms with Gasteiger partial charge >= 0.3 is 0 Å². The number of sulfonamides is 1. The number of hydrogen-bond donors (Lipinski definition) is 1. The number of amides is 1. The van der Waals surface area contributed by atoms with Crippen molar-refractivity contribution in [3.8, 4) is 0 Å². The minimum atomic E-state index is -3.75. The maximum atomic E-state index is 13.2. The highest BCUT2D eigenvalue weighted by Crippen LogP contribution is 2.24. The molecule has 1 amide bonds. The fourth-order valence-electron chi connectivity index (χ4n) is 3.12. The van der Waals surface area contributed by atoms with E-state index in [0.717, 1.165) is 22.5 Å². The summed E-state index contributed by atoms with van der Waals surface area (Å²) in [6.45, 7) is 5.65. The Kier molecular flexibility index (Phi) is 7.18. The Bertz CT molecular complexity index is 884. The van der Waals surface area contributed by atoms with E-state index < -0.39 is 27.8 Å². The summed E-state index contributed by atoms with van der Waals surface area (Å²) < 4.78 is 39.0. The number of benzene rings is 2. The Balaban J connectivity index is 2.29. The first-order valence-corrected chi connectivity index (χ1v) is 11.0. The van der Waals surface area contributed by atoms with Crippen LogP contribution in [0.15, 0.2) is 54.6 Å². The molecule has 0 spiro atoms. The zero-order chi connectivity index (χ0) is 20.9. The van der Waals surface area contributed by atoms with Crippen molar-refractivity contribution in [3.63, 3.8) is 0 Å². The second kappa shape index (κ2) is 9.19. The molecular weight excluding hydrogens is 379 g/mol. The van der Waals surface area contributed by atoms with Gasteiger partial charge < -0.3 is 5.32 Å². The maximum Gasteiger partial charge on any atom is 0.244 e. The van der Waals surface area contributed by atoms with Gasteiger partial charge in [0.25, 0.3) is 0 Å². The maximum absolute atomic E-state index is 13.2. The molecule has 2 rings (SSSR count). The molecule has 0 bridgehead atoms. The van der Waals surface area contributed by atoms with Crippen molar-refractivity contribution in [1.29, 1.82) is 0 Å². The molecule has 0 unspecified atom stereocenters. The largest absolute Gasteiger partial charge is 0.347 e. The third kappa shape index (κ3) is 5.79. The van der Waals surface area contributed by atoms with E-state index in [9.17, 15) is 17.6 Å². The van der Waals surface area contributed by atoms with Crippen LogP contribution in [0.3, 0.4) is 0 Å². The van der Waals surface area contributed by atoms with Crippen molar-refractivity contribution in [2.75, 3.05) is 10.6 Å². The van der Waals surface area contributed by atoms with E-state index in [2.05, 4.69) is 19.2 Å². The first kappa shape index (κ1) is 21.9. The third-order valence-corrected chi connectivity index (χ3v) is 5.64. The monoisotopic (exact) mass is 406 g/mol. The topological polar surface area (TPSA) is 66.5 Å². The highest BCUT2D eigenvalue weighted by Gasteiger charge is 2.30. The predicted molar refractivity (Wildman–Crippen MR) is 110 cm³/mol. The number of rotatable bonds is 8. The molecule has 0 saturated carbocycles. The van der Waals surface area contributed by atoms with E-state index >= 15 is 0 Å². The van der Waals surface area contributed by atoms with Crippen molar-refractivity contribution in [1.82, 2.24) is 5.32 Å². The van der Waals surface area contributed by atoms with E-state index in [1.807, 2.05) is 30.3 Å². The van der Waals surface area contributed by atoms with Crippen LogP contribution in [-0.4, -0.2) is 26.6 Å². The first-order chi connectivity index (χ1) is 13.1. The number of nitrogens with zero attached hydrogens (tertiary/aromatic N) is 1. The summed E-state index contributed by atoms with van der Waals surface area (Å²) in [4.78, 5) is 12.9. The van der Waals surface area contributed by atoms with Gasteiger partial charge in [0.05, 0.1) is 18.0 Å². The average molecular weight is 407 g/mol. The van der Waals surface area contributed by atoms with E-state index in [4.69, 9.17) is 0 Å². The van der Waals surface area contributed by atoms with Gasteiger partial charge in [0.15, 0.2) is 0 Å². The number of carbonyl (C=O) groups excluding carboxylic acids is 1. The van der Waals surface area contributed by atoms with Crippen molar-refractivity contribution in [3.05, 3.63) is 66.0 Å². The summed E-state index contributed by atoms with van der Waals surface area (Å²) >= 11 is 0. The highest BCUT2D eigenvalue weighted by atomic mass is 32.2. The molecule has 7 heteroatoms. The van der Waals surface area contributed by atoms with Crippen LogP contribution in [0.5, 0.6) is 0 Å². The lowest BCUT2D eigenvalue weighted by Crippen LogP contribution is -2.48. The summed E-state index contributed by atoms with van der Waals surface area (Å²) in [5, 5.41) is 2.98. The Morgan fingerprint density at radius 2 is 1.61 bits per heavy atom. The molecule has 2 aromatic carbocycles. The van der Waals surface area contributed by atoms with E-state index in [1.165, 1.54) is 31.2 Å². The molecule has 0 heterocycles. The molecule has 2 aromatic rings. The Morgan fingerprint density at radius 3 is 2.11 bits per heavy atom. The zero-order valence-corrected chi connectivity index (χ0v) is 17.4. The van der Waals surface area contributed by atoms with Crippen molar-refractivity contribution >= 4 is 21.6 Å². The average Bonchev–Trinajstić information content (AvgIpc) is 2.62. The molecule has 1 N–H and O–H groups in total. The summed E-state index contributed by atoms with van der Waals surface area (Å²) in [7, 11) is -3.75. The Hall–Kier alpha value is -2.41. The van der Waals surface area contributed by atoms with Crippen molar-refractivity contribution < 1.29 is 17.6 Å². The van der Waals surface area contributed by atoms with Gasteiger partial charge in [-0.15, -0.1) is 0 Å². The zero-order valence-electron chi connectivity index (χ0n) is 16.6. The number of carbonyl (C=O) groups is 1. The van der Waals surface area contributed by atoms with Gasteiger partial charge in [-0.1, -0.05) is 44.2 Å². The Labute approximate surface area is 166 Å². The van der Waals surface area contributed by atoms with Gasteiger partial charge in [-0.05, 0) is 49.1 Å². The summed E-state index contributed by atoms with van der Waals surface area (Å²) in [6.07, 6.45) is 1.75. The minimum Gasteiger partial charge on any atom is -0.347 e. The van der Waals surface area contributed by atoms with Crippen LogP contribution in [0.2, 0.25) is 0 Å². The van der Waals surface area contributed by atoms with Crippen molar-refractivity contribution in [2.24, 2.45) is 5.92 Å². The lowest BCUT2D eigenvalue weighted by Gasteiger charge is -2.30. The third-order valence-electron chi connectivity index (χ3n) is 4.40. The molecule has 0 aliphatic carbocycles. The molecule has 0 fully saturated rings. The van der Waals surface area contributed by atoms with Crippen LogP contribution in [0.25, 0.3) is 0 Å². The van der Waals surface area contributed by atoms with Crippen molar-refractivity contribution in [2.45, 2.75) is 39.3 Å². The van der Waals surface area contributed by atoms with Gasteiger partial charge in [0.2, 0.25) is 15.9 Å². The Morgan fingerprint density at radius 1 is 1.04 bits per heavy atom. The molecule has 0 saturated heterocycles. The predicted octanol–water partition coefficient (Wildman–Crippen LogP) is 3.88. The van der Waals surface area contributed by atoms with Gasteiger partial charge in [-0.3, -0.25) is 9.10 Å². The second-order valence-electron chi connectivity index (χ2n) is 7.31. The SMILES string of the molecule is CC(C)C[C@@H](NC(=O)[C@@H](C)N(c1ccc(F)cc1)S(C)(=O)=O)c1ccccc1. The number of anilines is 1. The van der Waals surface area contributed by atoms with Crippen LogP contribution in [0, 0.1) is 11.7 Å². The van der Waals surface area contributed by atoms with Gasteiger partial charge in [-0.2, -0.15) is 0 Å². The number of nitrogens with one attached hydrogen (secondary N) is 1. The standard InChI is InChI=1S/C21H27FN2O3S/c1-15(2)14-20(17-8-6-5-7-9-17)23-21(25)16(3)24(28(4,26)27)19-12-10-18(22)11-13-19/h5-13,15-16,20H,14H2,1-4H3,(H,23,25)/t16-,20-/m1/s1. The normalized spacial score (nSPS) is 13.8. The van der Waals surface area contributed by atoms with Crippen LogP contribution in [-0.2, 0) is 14.8 Å². The smallest absolute Gasteiger partial charge is 0.244 e. The lowest BCUT2D eigenvalue weighted by molar-refractivity contribution is -0.122. The first-order valence-electron chi connectivity index (χ1n) is 9.20. The van der Waals surface area contributed by atoms with Crippen LogP contribution >= 0.6 is 0 Å². The van der Waals surface area contributed by atoms with E-state index in [1.54, 1.807) is 0 Å². The summed E-state index contributed by atoms with van der Waals surface area (Å²) in [5.41, 5.74) is 1.20. The molecule has 2 atom stereocenters. The van der Waals surface area contributed by atoms with Gasteiger partial charge in [0, 0.05) is 0 Å².